The lowest BCUT2D eigenvalue weighted by Gasteiger charge is -2.10. The molecular formula is C17H17ClN6O2. The zero-order valence-electron chi connectivity index (χ0n) is 14.2. The number of hydrogen-bond acceptors (Lipinski definition) is 6. The monoisotopic (exact) mass is 372 g/mol. The number of carbonyl (C=O) groups excluding carboxylic acids is 1. The van der Waals surface area contributed by atoms with Crippen LogP contribution in [0.25, 0.3) is 11.4 Å². The fraction of sp³-hybridized carbons (Fsp3) is 0.176. The first-order chi connectivity index (χ1) is 12.6. The Hall–Kier alpha value is -3.13. The van der Waals surface area contributed by atoms with Crippen molar-refractivity contribution in [1.29, 1.82) is 0 Å². The van der Waals surface area contributed by atoms with Gasteiger partial charge in [-0.2, -0.15) is 0 Å². The highest BCUT2D eigenvalue weighted by Crippen LogP contribution is 2.27. The highest BCUT2D eigenvalue weighted by Gasteiger charge is 2.08. The molecule has 0 aliphatic rings. The van der Waals surface area contributed by atoms with Crippen LogP contribution >= 0.6 is 11.6 Å². The second kappa shape index (κ2) is 7.83. The van der Waals surface area contributed by atoms with Crippen molar-refractivity contribution in [2.24, 2.45) is 7.05 Å². The Labute approximate surface area is 155 Å². The van der Waals surface area contributed by atoms with Gasteiger partial charge in [0.1, 0.15) is 5.75 Å². The number of aromatic nitrogens is 4. The van der Waals surface area contributed by atoms with E-state index < -0.39 is 0 Å². The Kier molecular flexibility index (Phi) is 5.33. The van der Waals surface area contributed by atoms with Gasteiger partial charge in [0.2, 0.25) is 5.91 Å². The number of halogens is 1. The number of nitrogens with zero attached hydrogens (tertiary/aromatic N) is 4. The maximum absolute atomic E-state index is 12.1. The third-order valence-electron chi connectivity index (χ3n) is 3.63. The van der Waals surface area contributed by atoms with E-state index in [1.54, 1.807) is 29.9 Å². The van der Waals surface area contributed by atoms with Gasteiger partial charge in [-0.3, -0.25) is 4.79 Å². The molecule has 2 aromatic carbocycles. The number of carbonyl (C=O) groups is 1. The Balaban J connectivity index is 1.61. The van der Waals surface area contributed by atoms with Crippen LogP contribution in [-0.4, -0.2) is 39.8 Å². The maximum Gasteiger partial charge on any atom is 0.243 e. The molecule has 0 saturated heterocycles. The van der Waals surface area contributed by atoms with E-state index in [0.29, 0.717) is 22.3 Å². The normalized spacial score (nSPS) is 10.4. The van der Waals surface area contributed by atoms with Crippen molar-refractivity contribution in [2.75, 3.05) is 24.3 Å². The molecule has 3 aromatic rings. The van der Waals surface area contributed by atoms with Gasteiger partial charge in [0, 0.05) is 24.0 Å². The van der Waals surface area contributed by atoms with Gasteiger partial charge in [-0.1, -0.05) is 23.7 Å². The average Bonchev–Trinajstić information content (AvgIpc) is 3.06. The fourth-order valence-corrected chi connectivity index (χ4v) is 2.63. The molecule has 1 amide bonds. The molecular weight excluding hydrogens is 356 g/mol. The first kappa shape index (κ1) is 17.7. The number of aryl methyl sites for hydroxylation is 1. The topological polar surface area (TPSA) is 94.0 Å². The smallest absolute Gasteiger partial charge is 0.243 e. The Bertz CT molecular complexity index is 927. The van der Waals surface area contributed by atoms with Gasteiger partial charge in [-0.05, 0) is 40.8 Å². The van der Waals surface area contributed by atoms with E-state index in [4.69, 9.17) is 16.3 Å². The lowest BCUT2D eigenvalue weighted by atomic mass is 10.2. The summed E-state index contributed by atoms with van der Waals surface area (Å²) in [5, 5.41) is 17.7. The van der Waals surface area contributed by atoms with E-state index >= 15 is 0 Å². The molecule has 134 valence electrons. The van der Waals surface area contributed by atoms with Crippen LogP contribution in [0.4, 0.5) is 11.4 Å². The summed E-state index contributed by atoms with van der Waals surface area (Å²) >= 11 is 6.05. The van der Waals surface area contributed by atoms with E-state index in [1.807, 2.05) is 24.3 Å². The average molecular weight is 373 g/mol. The quantitative estimate of drug-likeness (QED) is 0.690. The zero-order chi connectivity index (χ0) is 18.5. The molecule has 0 aliphatic carbocycles. The van der Waals surface area contributed by atoms with E-state index in [-0.39, 0.29) is 12.5 Å². The minimum Gasteiger partial charge on any atom is -0.495 e. The first-order valence-corrected chi connectivity index (χ1v) is 8.14. The van der Waals surface area contributed by atoms with E-state index in [2.05, 4.69) is 26.2 Å². The molecule has 0 aliphatic heterocycles. The van der Waals surface area contributed by atoms with Gasteiger partial charge in [-0.15, -0.1) is 5.10 Å². The number of hydrogen-bond donors (Lipinski definition) is 2. The van der Waals surface area contributed by atoms with Crippen molar-refractivity contribution in [2.45, 2.75) is 0 Å². The van der Waals surface area contributed by atoms with E-state index in [1.165, 1.54) is 7.11 Å². The summed E-state index contributed by atoms with van der Waals surface area (Å²) in [6, 6.07) is 12.6. The summed E-state index contributed by atoms with van der Waals surface area (Å²) in [5.41, 5.74) is 2.24. The molecule has 8 nitrogen and oxygen atoms in total. The number of tetrazole rings is 1. The van der Waals surface area contributed by atoms with Crippen LogP contribution in [-0.2, 0) is 11.8 Å². The molecule has 0 spiro atoms. The maximum atomic E-state index is 12.1. The Morgan fingerprint density at radius 3 is 2.77 bits per heavy atom. The van der Waals surface area contributed by atoms with Gasteiger partial charge < -0.3 is 15.4 Å². The van der Waals surface area contributed by atoms with Crippen molar-refractivity contribution < 1.29 is 9.53 Å². The van der Waals surface area contributed by atoms with Gasteiger partial charge in [0.15, 0.2) is 5.82 Å². The molecule has 0 atom stereocenters. The number of methoxy groups -OCH3 is 1. The number of rotatable bonds is 6. The Morgan fingerprint density at radius 1 is 1.23 bits per heavy atom. The first-order valence-electron chi connectivity index (χ1n) is 7.77. The van der Waals surface area contributed by atoms with Crippen molar-refractivity contribution in [3.05, 3.63) is 47.5 Å². The van der Waals surface area contributed by atoms with Gasteiger partial charge in [0.05, 0.1) is 18.7 Å². The molecule has 0 fully saturated rings. The molecule has 0 radical (unpaired) electrons. The predicted molar refractivity (Wildman–Crippen MR) is 99.4 cm³/mol. The molecule has 26 heavy (non-hydrogen) atoms. The van der Waals surface area contributed by atoms with Crippen LogP contribution in [0, 0.1) is 0 Å². The summed E-state index contributed by atoms with van der Waals surface area (Å²) in [6.45, 7) is 0.101. The standard InChI is InChI=1S/C17H17ClN6O2/c1-24-17(21-22-23-24)11-4-3-5-12(8-11)19-10-16(25)20-13-6-7-15(26-2)14(18)9-13/h3-9,19H,10H2,1-2H3,(H,20,25). The molecule has 2 N–H and O–H groups in total. The van der Waals surface area contributed by atoms with E-state index in [0.717, 1.165) is 11.3 Å². The predicted octanol–water partition coefficient (Wildman–Crippen LogP) is 2.59. The van der Waals surface area contributed by atoms with E-state index in [9.17, 15) is 4.79 Å². The second-order valence-electron chi connectivity index (χ2n) is 5.46. The minimum atomic E-state index is -0.197. The van der Waals surface area contributed by atoms with Gasteiger partial charge >= 0.3 is 0 Å². The number of nitrogens with one attached hydrogen (secondary N) is 2. The number of amides is 1. The highest BCUT2D eigenvalue weighted by molar-refractivity contribution is 6.32. The third-order valence-corrected chi connectivity index (χ3v) is 3.92. The van der Waals surface area contributed by atoms with Crippen molar-refractivity contribution in [3.63, 3.8) is 0 Å². The second-order valence-corrected chi connectivity index (χ2v) is 5.87. The number of benzene rings is 2. The van der Waals surface area contributed by atoms with Gasteiger partial charge in [-0.25, -0.2) is 4.68 Å². The molecule has 9 heteroatoms. The molecule has 3 rings (SSSR count). The highest BCUT2D eigenvalue weighted by atomic mass is 35.5. The van der Waals surface area contributed by atoms with Crippen LogP contribution < -0.4 is 15.4 Å². The SMILES string of the molecule is COc1ccc(NC(=O)CNc2cccc(-c3nnnn3C)c2)cc1Cl. The lowest BCUT2D eigenvalue weighted by molar-refractivity contribution is -0.114. The largest absolute Gasteiger partial charge is 0.495 e. The number of anilines is 2. The van der Waals surface area contributed by atoms with Crippen LogP contribution in [0.15, 0.2) is 42.5 Å². The molecule has 1 heterocycles. The third kappa shape index (κ3) is 4.09. The molecule has 0 saturated carbocycles. The summed E-state index contributed by atoms with van der Waals surface area (Å²) in [6.07, 6.45) is 0. The number of ether oxygens (including phenoxy) is 1. The van der Waals surface area contributed by atoms with Crippen LogP contribution in [0.3, 0.4) is 0 Å². The summed E-state index contributed by atoms with van der Waals surface area (Å²) in [5.74, 6) is 1.00. The van der Waals surface area contributed by atoms with Crippen molar-refractivity contribution in [1.82, 2.24) is 20.2 Å². The van der Waals surface area contributed by atoms with Crippen LogP contribution in [0.5, 0.6) is 5.75 Å². The summed E-state index contributed by atoms with van der Waals surface area (Å²) < 4.78 is 6.67. The molecule has 0 unspecified atom stereocenters. The molecule has 0 bridgehead atoms. The summed E-state index contributed by atoms with van der Waals surface area (Å²) in [7, 11) is 3.30. The zero-order valence-corrected chi connectivity index (χ0v) is 15.0. The van der Waals surface area contributed by atoms with Crippen molar-refractivity contribution in [3.8, 4) is 17.1 Å². The van der Waals surface area contributed by atoms with Crippen molar-refractivity contribution >= 4 is 28.9 Å². The lowest BCUT2D eigenvalue weighted by Crippen LogP contribution is -2.21. The van der Waals surface area contributed by atoms with Crippen LogP contribution in [0.2, 0.25) is 5.02 Å². The fourth-order valence-electron chi connectivity index (χ4n) is 2.37. The minimum absolute atomic E-state index is 0.101. The van der Waals surface area contributed by atoms with Crippen LogP contribution in [0.1, 0.15) is 0 Å². The molecule has 1 aromatic heterocycles. The summed E-state index contributed by atoms with van der Waals surface area (Å²) in [4.78, 5) is 12.1. The Morgan fingerprint density at radius 2 is 2.08 bits per heavy atom. The van der Waals surface area contributed by atoms with Gasteiger partial charge in [0.25, 0.3) is 0 Å².